The molecule has 1 saturated heterocycles. The van der Waals surface area contributed by atoms with Gasteiger partial charge in [0.25, 0.3) is 0 Å². The van der Waals surface area contributed by atoms with Gasteiger partial charge in [0.15, 0.2) is 0 Å². The highest BCUT2D eigenvalue weighted by Gasteiger charge is 2.49. The van der Waals surface area contributed by atoms with Gasteiger partial charge >= 0.3 is 0 Å². The van der Waals surface area contributed by atoms with Crippen LogP contribution in [0.25, 0.3) is 0 Å². The Morgan fingerprint density at radius 1 is 1.00 bits per heavy atom. The molecule has 1 aliphatic heterocycles. The summed E-state index contributed by atoms with van der Waals surface area (Å²) >= 11 is 0. The Kier molecular flexibility index (Phi) is 7.53. The predicted molar refractivity (Wildman–Crippen MR) is 90.7 cm³/mol. The molecule has 2 rings (SSSR count). The Bertz CT molecular complexity index is 277. The lowest BCUT2D eigenvalue weighted by Crippen LogP contribution is -2.40. The van der Waals surface area contributed by atoms with Crippen molar-refractivity contribution < 1.29 is 4.74 Å². The molecule has 124 valence electrons. The molecule has 2 aliphatic rings. The first kappa shape index (κ1) is 17.3. The lowest BCUT2D eigenvalue weighted by Gasteiger charge is -2.34. The van der Waals surface area contributed by atoms with E-state index >= 15 is 0 Å². The summed E-state index contributed by atoms with van der Waals surface area (Å²) in [7, 11) is 2.11. The first-order valence-electron chi connectivity index (χ1n) is 9.58. The monoisotopic (exact) mass is 295 g/mol. The summed E-state index contributed by atoms with van der Waals surface area (Å²) in [6.45, 7) is 4.45. The standard InChI is InChI=1S/C19H37NO/c1-3-4-5-6-7-8-9-10-13-19(16-20-2)14-15-21-18(19)17-11-12-17/h17-18,20H,3-16H2,1-2H3. The van der Waals surface area contributed by atoms with E-state index in [2.05, 4.69) is 19.3 Å². The van der Waals surface area contributed by atoms with Crippen LogP contribution in [0, 0.1) is 11.3 Å². The fourth-order valence-corrected chi connectivity index (χ4v) is 4.25. The SMILES string of the molecule is CCCCCCCCCCC1(CNC)CCOC1C1CC1. The molecule has 2 atom stereocenters. The number of rotatable bonds is 12. The molecule has 1 heterocycles. The highest BCUT2D eigenvalue weighted by atomic mass is 16.5. The molecule has 2 heteroatoms. The van der Waals surface area contributed by atoms with Crippen molar-refractivity contribution in [3.05, 3.63) is 0 Å². The van der Waals surface area contributed by atoms with Gasteiger partial charge in [-0.1, -0.05) is 58.3 Å². The van der Waals surface area contributed by atoms with Crippen molar-refractivity contribution in [1.82, 2.24) is 5.32 Å². The van der Waals surface area contributed by atoms with E-state index in [-0.39, 0.29) is 0 Å². The van der Waals surface area contributed by atoms with Crippen LogP contribution in [0.1, 0.15) is 84.0 Å². The molecule has 0 aromatic rings. The first-order chi connectivity index (χ1) is 10.3. The Morgan fingerprint density at radius 2 is 1.67 bits per heavy atom. The molecule has 2 fully saturated rings. The van der Waals surface area contributed by atoms with Crippen LogP contribution in [-0.4, -0.2) is 26.3 Å². The Balaban J connectivity index is 1.64. The van der Waals surface area contributed by atoms with E-state index in [4.69, 9.17) is 4.74 Å². The van der Waals surface area contributed by atoms with Crippen LogP contribution in [0.4, 0.5) is 0 Å². The second-order valence-electron chi connectivity index (χ2n) is 7.50. The zero-order valence-electron chi connectivity index (χ0n) is 14.5. The van der Waals surface area contributed by atoms with Gasteiger partial charge in [-0.15, -0.1) is 0 Å². The highest BCUT2D eigenvalue weighted by molar-refractivity contribution is 5.00. The number of hydrogen-bond acceptors (Lipinski definition) is 2. The average molecular weight is 296 g/mol. The minimum atomic E-state index is 0.456. The van der Waals surface area contributed by atoms with E-state index in [1.807, 2.05) is 0 Å². The molecule has 0 spiro atoms. The van der Waals surface area contributed by atoms with Crippen LogP contribution >= 0.6 is 0 Å². The van der Waals surface area contributed by atoms with Crippen molar-refractivity contribution in [3.8, 4) is 0 Å². The number of unbranched alkanes of at least 4 members (excludes halogenated alkanes) is 7. The molecule has 0 radical (unpaired) electrons. The summed E-state index contributed by atoms with van der Waals surface area (Å²) in [4.78, 5) is 0. The normalized spacial score (nSPS) is 29.1. The zero-order chi connectivity index (χ0) is 15.0. The van der Waals surface area contributed by atoms with Gasteiger partial charge in [0.2, 0.25) is 0 Å². The summed E-state index contributed by atoms with van der Waals surface area (Å²) in [5.74, 6) is 0.884. The molecular formula is C19H37NO. The predicted octanol–water partition coefficient (Wildman–Crippen LogP) is 4.92. The Labute approximate surface area is 132 Å². The van der Waals surface area contributed by atoms with E-state index in [0.29, 0.717) is 11.5 Å². The third-order valence-electron chi connectivity index (χ3n) is 5.61. The van der Waals surface area contributed by atoms with E-state index in [0.717, 1.165) is 19.1 Å². The summed E-state index contributed by atoms with van der Waals surface area (Å²) in [5.41, 5.74) is 0.456. The van der Waals surface area contributed by atoms with Crippen LogP contribution in [-0.2, 0) is 4.74 Å². The van der Waals surface area contributed by atoms with Gasteiger partial charge in [-0.2, -0.15) is 0 Å². The molecule has 0 aromatic heterocycles. The van der Waals surface area contributed by atoms with Crippen LogP contribution in [0.15, 0.2) is 0 Å². The molecular weight excluding hydrogens is 258 g/mol. The number of nitrogens with one attached hydrogen (secondary N) is 1. The van der Waals surface area contributed by atoms with E-state index < -0.39 is 0 Å². The zero-order valence-corrected chi connectivity index (χ0v) is 14.5. The molecule has 0 aromatic carbocycles. The topological polar surface area (TPSA) is 21.3 Å². The smallest absolute Gasteiger partial charge is 0.0672 e. The third-order valence-corrected chi connectivity index (χ3v) is 5.61. The van der Waals surface area contributed by atoms with Gasteiger partial charge < -0.3 is 10.1 Å². The van der Waals surface area contributed by atoms with Crippen molar-refractivity contribution >= 4 is 0 Å². The summed E-state index contributed by atoms with van der Waals surface area (Å²) in [6.07, 6.45) is 17.4. The first-order valence-corrected chi connectivity index (χ1v) is 9.58. The molecule has 1 N–H and O–H groups in total. The maximum atomic E-state index is 6.13. The van der Waals surface area contributed by atoms with Crippen LogP contribution in [0.3, 0.4) is 0 Å². The van der Waals surface area contributed by atoms with Gasteiger partial charge in [-0.25, -0.2) is 0 Å². The largest absolute Gasteiger partial charge is 0.377 e. The highest BCUT2D eigenvalue weighted by Crippen LogP contribution is 2.50. The Morgan fingerprint density at radius 3 is 2.29 bits per heavy atom. The average Bonchev–Trinajstić information content (AvgIpc) is 3.24. The summed E-state index contributed by atoms with van der Waals surface area (Å²) < 4.78 is 6.13. The third kappa shape index (κ3) is 5.25. The van der Waals surface area contributed by atoms with Gasteiger partial charge in [0.1, 0.15) is 0 Å². The van der Waals surface area contributed by atoms with Crippen LogP contribution < -0.4 is 5.32 Å². The number of ether oxygens (including phenoxy) is 1. The van der Waals surface area contributed by atoms with Crippen molar-refractivity contribution in [2.24, 2.45) is 11.3 Å². The molecule has 1 saturated carbocycles. The van der Waals surface area contributed by atoms with Gasteiger partial charge in [-0.05, 0) is 38.6 Å². The molecule has 1 aliphatic carbocycles. The van der Waals surface area contributed by atoms with Crippen LogP contribution in [0.5, 0.6) is 0 Å². The van der Waals surface area contributed by atoms with Crippen molar-refractivity contribution in [2.45, 2.75) is 90.1 Å². The van der Waals surface area contributed by atoms with Crippen molar-refractivity contribution in [3.63, 3.8) is 0 Å². The lowest BCUT2D eigenvalue weighted by molar-refractivity contribution is 0.0261. The summed E-state index contributed by atoms with van der Waals surface area (Å²) in [6, 6.07) is 0. The maximum absolute atomic E-state index is 6.13. The van der Waals surface area contributed by atoms with Crippen LogP contribution in [0.2, 0.25) is 0 Å². The van der Waals surface area contributed by atoms with Gasteiger partial charge in [0, 0.05) is 18.6 Å². The minimum absolute atomic E-state index is 0.456. The molecule has 0 amide bonds. The van der Waals surface area contributed by atoms with Gasteiger partial charge in [-0.3, -0.25) is 0 Å². The maximum Gasteiger partial charge on any atom is 0.0672 e. The fraction of sp³-hybridized carbons (Fsp3) is 1.00. The molecule has 2 unspecified atom stereocenters. The summed E-state index contributed by atoms with van der Waals surface area (Å²) in [5, 5.41) is 3.46. The van der Waals surface area contributed by atoms with E-state index in [1.54, 1.807) is 0 Å². The lowest BCUT2D eigenvalue weighted by atomic mass is 9.74. The van der Waals surface area contributed by atoms with Crippen molar-refractivity contribution in [1.29, 1.82) is 0 Å². The number of hydrogen-bond donors (Lipinski definition) is 1. The quantitative estimate of drug-likeness (QED) is 0.516. The van der Waals surface area contributed by atoms with Gasteiger partial charge in [0.05, 0.1) is 6.10 Å². The molecule has 0 bridgehead atoms. The Hall–Kier alpha value is -0.0800. The van der Waals surface area contributed by atoms with Crippen molar-refractivity contribution in [2.75, 3.05) is 20.2 Å². The van der Waals surface area contributed by atoms with E-state index in [9.17, 15) is 0 Å². The second kappa shape index (κ2) is 9.15. The van der Waals surface area contributed by atoms with E-state index in [1.165, 1.54) is 77.0 Å². The minimum Gasteiger partial charge on any atom is -0.377 e. The molecule has 21 heavy (non-hydrogen) atoms. The fourth-order valence-electron chi connectivity index (χ4n) is 4.25. The second-order valence-corrected chi connectivity index (χ2v) is 7.50. The molecule has 2 nitrogen and oxygen atoms in total.